The van der Waals surface area contributed by atoms with E-state index in [0.717, 1.165) is 17.7 Å². The predicted molar refractivity (Wildman–Crippen MR) is 105 cm³/mol. The second-order valence-corrected chi connectivity index (χ2v) is 6.14. The summed E-state index contributed by atoms with van der Waals surface area (Å²) < 4.78 is 27.1. The molecule has 29 heavy (non-hydrogen) atoms. The summed E-state index contributed by atoms with van der Waals surface area (Å²) in [7, 11) is 0. The van der Waals surface area contributed by atoms with Gasteiger partial charge in [-0.3, -0.25) is 9.78 Å². The zero-order chi connectivity index (χ0) is 20.2. The lowest BCUT2D eigenvalue weighted by molar-refractivity contribution is 0.102. The van der Waals surface area contributed by atoms with Crippen LogP contribution < -0.4 is 5.32 Å². The molecule has 0 bridgehead atoms. The largest absolute Gasteiger partial charge is 0.319 e. The Morgan fingerprint density at radius 3 is 2.38 bits per heavy atom. The molecule has 0 fully saturated rings. The quantitative estimate of drug-likeness (QED) is 0.549. The smallest absolute Gasteiger partial charge is 0.259 e. The van der Waals surface area contributed by atoms with E-state index in [9.17, 15) is 13.6 Å². The van der Waals surface area contributed by atoms with Gasteiger partial charge in [-0.15, -0.1) is 0 Å². The summed E-state index contributed by atoms with van der Waals surface area (Å²) in [6.07, 6.45) is 4.56. The first-order valence-corrected chi connectivity index (χ1v) is 8.71. The number of carbonyl (C=O) groups is 1. The lowest BCUT2D eigenvalue weighted by atomic mass is 10.1. The van der Waals surface area contributed by atoms with Gasteiger partial charge in [0.05, 0.1) is 16.9 Å². The number of aromatic nitrogens is 3. The highest BCUT2D eigenvalue weighted by Crippen LogP contribution is 2.25. The molecule has 0 spiro atoms. The number of hydrogen-bond acceptors (Lipinski definition) is 4. The normalized spacial score (nSPS) is 10.6. The van der Waals surface area contributed by atoms with E-state index in [4.69, 9.17) is 0 Å². The van der Waals surface area contributed by atoms with Gasteiger partial charge in [-0.1, -0.05) is 30.3 Å². The van der Waals surface area contributed by atoms with E-state index in [-0.39, 0.29) is 11.3 Å². The number of halogens is 2. The Kier molecular flexibility index (Phi) is 5.03. The molecule has 2 aromatic heterocycles. The Morgan fingerprint density at radius 1 is 0.897 bits per heavy atom. The van der Waals surface area contributed by atoms with Crippen molar-refractivity contribution >= 4 is 11.6 Å². The second kappa shape index (κ2) is 7.93. The first kappa shape index (κ1) is 18.4. The fourth-order valence-electron chi connectivity index (χ4n) is 2.78. The van der Waals surface area contributed by atoms with Crippen molar-refractivity contribution in [1.29, 1.82) is 0 Å². The Balaban J connectivity index is 1.77. The topological polar surface area (TPSA) is 67.8 Å². The summed E-state index contributed by atoms with van der Waals surface area (Å²) in [5.74, 6) is -1.76. The number of anilines is 1. The number of hydrogen-bond donors (Lipinski definition) is 1. The summed E-state index contributed by atoms with van der Waals surface area (Å²) in [5, 5.41) is 2.45. The van der Waals surface area contributed by atoms with Gasteiger partial charge in [0.15, 0.2) is 5.82 Å². The van der Waals surface area contributed by atoms with Gasteiger partial charge in [-0.05, 0) is 24.3 Å². The van der Waals surface area contributed by atoms with Crippen molar-refractivity contribution in [2.75, 3.05) is 5.32 Å². The number of nitrogens with one attached hydrogen (secondary N) is 1. The van der Waals surface area contributed by atoms with E-state index in [1.54, 1.807) is 24.5 Å². The number of nitrogens with zero attached hydrogens (tertiary/aromatic N) is 3. The average Bonchev–Trinajstić information content (AvgIpc) is 2.76. The lowest BCUT2D eigenvalue weighted by Crippen LogP contribution is -2.16. The van der Waals surface area contributed by atoms with Crippen LogP contribution in [0.4, 0.5) is 14.5 Å². The van der Waals surface area contributed by atoms with Crippen molar-refractivity contribution in [3.63, 3.8) is 0 Å². The molecule has 0 radical (unpaired) electrons. The van der Waals surface area contributed by atoms with Crippen molar-refractivity contribution < 1.29 is 13.6 Å². The summed E-state index contributed by atoms with van der Waals surface area (Å²) in [4.78, 5) is 25.7. The Bertz CT molecular complexity index is 1170. The molecule has 5 nitrogen and oxygen atoms in total. The molecule has 0 aliphatic heterocycles. The fourth-order valence-corrected chi connectivity index (χ4v) is 2.78. The molecular formula is C22H14F2N4O. The molecule has 0 atom stereocenters. The Morgan fingerprint density at radius 2 is 1.66 bits per heavy atom. The highest BCUT2D eigenvalue weighted by Gasteiger charge is 2.18. The molecule has 7 heteroatoms. The van der Waals surface area contributed by atoms with Crippen LogP contribution in [0.5, 0.6) is 0 Å². The maximum atomic E-state index is 13.9. The molecule has 142 valence electrons. The van der Waals surface area contributed by atoms with Gasteiger partial charge in [0, 0.05) is 35.8 Å². The van der Waals surface area contributed by atoms with Crippen LogP contribution in [0.1, 0.15) is 10.4 Å². The molecule has 2 aromatic carbocycles. The molecule has 0 saturated heterocycles. The van der Waals surface area contributed by atoms with Crippen LogP contribution in [-0.4, -0.2) is 20.9 Å². The van der Waals surface area contributed by atoms with Gasteiger partial charge in [0.1, 0.15) is 11.6 Å². The lowest BCUT2D eigenvalue weighted by Gasteiger charge is -2.11. The summed E-state index contributed by atoms with van der Waals surface area (Å²) in [6, 6.07) is 15.7. The first-order chi connectivity index (χ1) is 14.1. The highest BCUT2D eigenvalue weighted by atomic mass is 19.1. The fraction of sp³-hybridized carbons (Fsp3) is 0. The van der Waals surface area contributed by atoms with E-state index in [2.05, 4.69) is 20.3 Å². The van der Waals surface area contributed by atoms with Gasteiger partial charge in [-0.25, -0.2) is 18.7 Å². The van der Waals surface area contributed by atoms with E-state index in [1.807, 2.05) is 30.3 Å². The summed E-state index contributed by atoms with van der Waals surface area (Å²) in [5.41, 5.74) is 1.84. The minimum absolute atomic E-state index is 0.135. The van der Waals surface area contributed by atoms with E-state index < -0.39 is 17.5 Å². The first-order valence-electron chi connectivity index (χ1n) is 8.71. The van der Waals surface area contributed by atoms with Crippen molar-refractivity contribution in [1.82, 2.24) is 15.0 Å². The van der Waals surface area contributed by atoms with Crippen molar-refractivity contribution in [3.05, 3.63) is 96.5 Å². The number of rotatable bonds is 4. The maximum absolute atomic E-state index is 13.9. The highest BCUT2D eigenvalue weighted by molar-refractivity contribution is 6.08. The average molecular weight is 388 g/mol. The van der Waals surface area contributed by atoms with Crippen LogP contribution in [0, 0.1) is 11.6 Å². The second-order valence-electron chi connectivity index (χ2n) is 6.14. The monoisotopic (exact) mass is 388 g/mol. The van der Waals surface area contributed by atoms with Gasteiger partial charge < -0.3 is 5.32 Å². The van der Waals surface area contributed by atoms with E-state index in [0.29, 0.717) is 23.1 Å². The van der Waals surface area contributed by atoms with E-state index >= 15 is 0 Å². The summed E-state index contributed by atoms with van der Waals surface area (Å²) in [6.45, 7) is 0. The molecule has 0 saturated carbocycles. The number of pyridine rings is 1. The SMILES string of the molecule is O=C(Nc1ccc(F)cc1F)c1cnc(-c2ccccc2)nc1-c1ccncc1. The van der Waals surface area contributed by atoms with Gasteiger partial charge in [0.25, 0.3) is 5.91 Å². The molecule has 4 aromatic rings. The number of amides is 1. The van der Waals surface area contributed by atoms with Crippen LogP contribution in [0.2, 0.25) is 0 Å². The molecule has 0 aliphatic carbocycles. The van der Waals surface area contributed by atoms with E-state index in [1.165, 1.54) is 6.20 Å². The number of carbonyl (C=O) groups excluding carboxylic acids is 1. The van der Waals surface area contributed by atoms with Gasteiger partial charge >= 0.3 is 0 Å². The van der Waals surface area contributed by atoms with Gasteiger partial charge in [0.2, 0.25) is 0 Å². The van der Waals surface area contributed by atoms with Crippen LogP contribution in [0.3, 0.4) is 0 Å². The van der Waals surface area contributed by atoms with Gasteiger partial charge in [-0.2, -0.15) is 0 Å². The molecule has 2 heterocycles. The predicted octanol–water partition coefficient (Wildman–Crippen LogP) is 4.74. The molecule has 0 aliphatic rings. The molecular weight excluding hydrogens is 374 g/mol. The Labute approximate surface area is 165 Å². The third-order valence-electron chi connectivity index (χ3n) is 4.20. The zero-order valence-electron chi connectivity index (χ0n) is 15.0. The number of benzene rings is 2. The van der Waals surface area contributed by atoms with Crippen molar-refractivity contribution in [3.8, 4) is 22.6 Å². The molecule has 1 N–H and O–H groups in total. The van der Waals surface area contributed by atoms with Crippen LogP contribution in [0.25, 0.3) is 22.6 Å². The maximum Gasteiger partial charge on any atom is 0.259 e. The third kappa shape index (κ3) is 3.98. The van der Waals surface area contributed by atoms with Crippen LogP contribution in [0.15, 0.2) is 79.3 Å². The molecule has 4 rings (SSSR count). The molecule has 0 unspecified atom stereocenters. The standard InChI is InChI=1S/C22H14F2N4O/c23-16-6-7-19(18(24)12-16)27-22(29)17-13-26-21(15-4-2-1-3-5-15)28-20(17)14-8-10-25-11-9-14/h1-13H,(H,27,29). The third-order valence-corrected chi connectivity index (χ3v) is 4.20. The van der Waals surface area contributed by atoms with Crippen LogP contribution >= 0.6 is 0 Å². The zero-order valence-corrected chi connectivity index (χ0v) is 15.0. The Hall–Kier alpha value is -4.00. The van der Waals surface area contributed by atoms with Crippen LogP contribution in [-0.2, 0) is 0 Å². The van der Waals surface area contributed by atoms with Crippen molar-refractivity contribution in [2.45, 2.75) is 0 Å². The molecule has 1 amide bonds. The minimum atomic E-state index is -0.870. The minimum Gasteiger partial charge on any atom is -0.319 e. The summed E-state index contributed by atoms with van der Waals surface area (Å²) >= 11 is 0. The van der Waals surface area contributed by atoms with Crippen molar-refractivity contribution in [2.24, 2.45) is 0 Å².